The Morgan fingerprint density at radius 2 is 0.787 bits per heavy atom. The second-order valence-corrected chi connectivity index (χ2v) is 12.5. The minimum Gasteiger partial charge on any atom is -0.0620 e. The maximum atomic E-state index is 2.41. The summed E-state index contributed by atoms with van der Waals surface area (Å²) in [6.07, 6.45) is 0. The van der Waals surface area contributed by atoms with E-state index in [-0.39, 0.29) is 0 Å². The zero-order chi connectivity index (χ0) is 31.3. The first-order valence-electron chi connectivity index (χ1n) is 16.4. The maximum Gasteiger partial charge on any atom is -0.00237 e. The molecule has 0 atom stereocenters. The highest BCUT2D eigenvalue weighted by Gasteiger charge is 2.18. The fourth-order valence-corrected chi connectivity index (χ4v) is 7.47. The van der Waals surface area contributed by atoms with Crippen molar-refractivity contribution >= 4 is 43.1 Å². The number of fused-ring (bicyclic) bond motifs is 4. The fraction of sp³-hybridized carbons (Fsp3) is 0.0213. The van der Waals surface area contributed by atoms with E-state index in [1.165, 1.54) is 93.2 Å². The van der Waals surface area contributed by atoms with Crippen LogP contribution in [-0.2, 0) is 0 Å². The standard InChI is InChI=1S/C47H32/c1-31-11-2-5-15-39(31)47-43-18-8-6-16-41(43)46(42-17-7-9-19-44(42)47)38-28-26-34-14-10-20-40(45(34)30-38)35-24-21-33(22-25-35)37-27-23-32-12-3-4-13-36(32)29-37/h2-30H,1H3. The average Bonchev–Trinajstić information content (AvgIpc) is 3.13. The molecule has 0 saturated heterocycles. The molecule has 9 aromatic rings. The minimum atomic E-state index is 1.22. The van der Waals surface area contributed by atoms with E-state index in [0.717, 1.165) is 0 Å². The minimum absolute atomic E-state index is 1.22. The van der Waals surface area contributed by atoms with Crippen LogP contribution in [0.1, 0.15) is 5.56 Å². The van der Waals surface area contributed by atoms with Gasteiger partial charge < -0.3 is 0 Å². The van der Waals surface area contributed by atoms with Crippen LogP contribution in [0, 0.1) is 6.92 Å². The van der Waals surface area contributed by atoms with Crippen molar-refractivity contribution in [3.05, 3.63) is 181 Å². The largest absolute Gasteiger partial charge is 0.0620 e. The van der Waals surface area contributed by atoms with Gasteiger partial charge in [-0.05, 0) is 112 Å². The molecule has 0 heteroatoms. The van der Waals surface area contributed by atoms with Gasteiger partial charge in [0.2, 0.25) is 0 Å². The van der Waals surface area contributed by atoms with Gasteiger partial charge in [0.15, 0.2) is 0 Å². The molecule has 220 valence electrons. The molecule has 9 aromatic carbocycles. The van der Waals surface area contributed by atoms with Crippen molar-refractivity contribution in [2.45, 2.75) is 6.92 Å². The number of hydrogen-bond acceptors (Lipinski definition) is 0. The molecule has 0 heterocycles. The molecular weight excluding hydrogens is 565 g/mol. The highest BCUT2D eigenvalue weighted by molar-refractivity contribution is 6.22. The smallest absolute Gasteiger partial charge is 0.00237 e. The Labute approximate surface area is 275 Å². The van der Waals surface area contributed by atoms with Crippen molar-refractivity contribution in [3.8, 4) is 44.5 Å². The third kappa shape index (κ3) is 4.61. The highest BCUT2D eigenvalue weighted by atomic mass is 14.2. The highest BCUT2D eigenvalue weighted by Crippen LogP contribution is 2.45. The molecule has 0 aliphatic heterocycles. The van der Waals surface area contributed by atoms with Crippen molar-refractivity contribution in [1.82, 2.24) is 0 Å². The summed E-state index contributed by atoms with van der Waals surface area (Å²) in [5.41, 5.74) is 11.4. The van der Waals surface area contributed by atoms with Crippen LogP contribution in [0.25, 0.3) is 87.6 Å². The van der Waals surface area contributed by atoms with Crippen LogP contribution in [0.15, 0.2) is 176 Å². The normalized spacial score (nSPS) is 11.5. The SMILES string of the molecule is Cc1ccccc1-c1c2ccccc2c(-c2ccc3cccc(-c4ccc(-c5ccc6ccccc6c5)cc4)c3c2)c2ccccc12. The summed E-state index contributed by atoms with van der Waals surface area (Å²) < 4.78 is 0. The Morgan fingerprint density at radius 3 is 1.51 bits per heavy atom. The molecule has 0 aliphatic carbocycles. The van der Waals surface area contributed by atoms with Crippen LogP contribution in [0.5, 0.6) is 0 Å². The Bertz CT molecular complexity index is 2560. The van der Waals surface area contributed by atoms with Gasteiger partial charge in [-0.2, -0.15) is 0 Å². The Balaban J connectivity index is 1.22. The lowest BCUT2D eigenvalue weighted by atomic mass is 9.84. The summed E-state index contributed by atoms with van der Waals surface area (Å²) in [6.45, 7) is 2.21. The van der Waals surface area contributed by atoms with E-state index in [1.54, 1.807) is 0 Å². The van der Waals surface area contributed by atoms with Gasteiger partial charge in [-0.3, -0.25) is 0 Å². The Kier molecular flexibility index (Phi) is 6.47. The van der Waals surface area contributed by atoms with Gasteiger partial charge in [-0.15, -0.1) is 0 Å². The van der Waals surface area contributed by atoms with Gasteiger partial charge in [-0.1, -0.05) is 164 Å². The predicted molar refractivity (Wildman–Crippen MR) is 203 cm³/mol. The number of benzene rings is 9. The van der Waals surface area contributed by atoms with Crippen LogP contribution in [0.3, 0.4) is 0 Å². The summed E-state index contributed by atoms with van der Waals surface area (Å²) in [5.74, 6) is 0. The zero-order valence-corrected chi connectivity index (χ0v) is 26.2. The van der Waals surface area contributed by atoms with E-state index in [9.17, 15) is 0 Å². The van der Waals surface area contributed by atoms with E-state index in [1.807, 2.05) is 0 Å². The molecule has 47 heavy (non-hydrogen) atoms. The Hall–Kier alpha value is -5.98. The molecule has 9 rings (SSSR count). The van der Waals surface area contributed by atoms with E-state index in [4.69, 9.17) is 0 Å². The van der Waals surface area contributed by atoms with E-state index < -0.39 is 0 Å². The third-order valence-corrected chi connectivity index (χ3v) is 9.80. The molecule has 0 spiro atoms. The number of rotatable bonds is 4. The molecule has 0 N–H and O–H groups in total. The first kappa shape index (κ1) is 27.3. The molecule has 0 amide bonds. The van der Waals surface area contributed by atoms with E-state index in [0.29, 0.717) is 0 Å². The van der Waals surface area contributed by atoms with Gasteiger partial charge in [0.1, 0.15) is 0 Å². The quantitative estimate of drug-likeness (QED) is 0.177. The number of hydrogen-bond donors (Lipinski definition) is 0. The molecule has 0 nitrogen and oxygen atoms in total. The average molecular weight is 597 g/mol. The second-order valence-electron chi connectivity index (χ2n) is 12.5. The lowest BCUT2D eigenvalue weighted by Crippen LogP contribution is -1.92. The van der Waals surface area contributed by atoms with Crippen LogP contribution >= 0.6 is 0 Å². The van der Waals surface area contributed by atoms with Crippen LogP contribution < -0.4 is 0 Å². The van der Waals surface area contributed by atoms with Crippen molar-refractivity contribution < 1.29 is 0 Å². The van der Waals surface area contributed by atoms with Crippen LogP contribution in [-0.4, -0.2) is 0 Å². The lowest BCUT2D eigenvalue weighted by molar-refractivity contribution is 1.47. The van der Waals surface area contributed by atoms with Gasteiger partial charge >= 0.3 is 0 Å². The van der Waals surface area contributed by atoms with Crippen molar-refractivity contribution in [3.63, 3.8) is 0 Å². The molecule has 0 fully saturated rings. The summed E-state index contributed by atoms with van der Waals surface area (Å²) in [5, 5.41) is 10.2. The fourth-order valence-electron chi connectivity index (χ4n) is 7.47. The predicted octanol–water partition coefficient (Wildman–Crippen LogP) is 13.3. The van der Waals surface area contributed by atoms with Crippen molar-refractivity contribution in [2.24, 2.45) is 0 Å². The summed E-state index contributed by atoms with van der Waals surface area (Å²) in [4.78, 5) is 0. The first-order chi connectivity index (χ1) is 23.2. The summed E-state index contributed by atoms with van der Waals surface area (Å²) >= 11 is 0. The van der Waals surface area contributed by atoms with Crippen LogP contribution in [0.2, 0.25) is 0 Å². The molecule has 0 radical (unpaired) electrons. The topological polar surface area (TPSA) is 0 Å². The van der Waals surface area contributed by atoms with Crippen molar-refractivity contribution in [1.29, 1.82) is 0 Å². The Morgan fingerprint density at radius 1 is 0.277 bits per heavy atom. The van der Waals surface area contributed by atoms with Gasteiger partial charge in [0.05, 0.1) is 0 Å². The summed E-state index contributed by atoms with van der Waals surface area (Å²) in [7, 11) is 0. The van der Waals surface area contributed by atoms with Gasteiger partial charge in [-0.25, -0.2) is 0 Å². The van der Waals surface area contributed by atoms with Crippen molar-refractivity contribution in [2.75, 3.05) is 0 Å². The monoisotopic (exact) mass is 596 g/mol. The van der Waals surface area contributed by atoms with E-state index >= 15 is 0 Å². The zero-order valence-electron chi connectivity index (χ0n) is 26.2. The molecule has 0 bridgehead atoms. The van der Waals surface area contributed by atoms with Gasteiger partial charge in [0.25, 0.3) is 0 Å². The van der Waals surface area contributed by atoms with E-state index in [2.05, 4.69) is 183 Å². The van der Waals surface area contributed by atoms with Crippen LogP contribution in [0.4, 0.5) is 0 Å². The molecule has 0 aliphatic rings. The molecule has 0 saturated carbocycles. The lowest BCUT2D eigenvalue weighted by Gasteiger charge is -2.19. The maximum absolute atomic E-state index is 2.41. The second kappa shape index (κ2) is 11.1. The first-order valence-corrected chi connectivity index (χ1v) is 16.4. The van der Waals surface area contributed by atoms with Gasteiger partial charge in [0, 0.05) is 0 Å². The molecule has 0 aromatic heterocycles. The molecular formula is C47H32. The number of aryl methyl sites for hydroxylation is 1. The summed E-state index contributed by atoms with van der Waals surface area (Å²) in [6, 6.07) is 64.6. The third-order valence-electron chi connectivity index (χ3n) is 9.80. The molecule has 0 unspecified atom stereocenters.